The van der Waals surface area contributed by atoms with Crippen molar-refractivity contribution >= 4 is 70.2 Å². The Morgan fingerprint density at radius 2 is 1.88 bits per heavy atom. The summed E-state index contributed by atoms with van der Waals surface area (Å²) in [6.07, 6.45) is 2.00. The highest BCUT2D eigenvalue weighted by Gasteiger charge is 2.06. The second-order valence-corrected chi connectivity index (χ2v) is 9.17. The van der Waals surface area contributed by atoms with Crippen LogP contribution >= 0.6 is 70.2 Å². The number of rotatable bonds is 5. The van der Waals surface area contributed by atoms with Gasteiger partial charge < -0.3 is 0 Å². The number of hydrogen-bond acceptors (Lipinski definition) is 9. The lowest BCUT2D eigenvalue weighted by Crippen LogP contribution is -1.88. The molecule has 17 heavy (non-hydrogen) atoms. The zero-order valence-electron chi connectivity index (χ0n) is 8.95. The van der Waals surface area contributed by atoms with Crippen LogP contribution in [0.2, 0.25) is 0 Å². The molecular formula is C7H8N4S6. The van der Waals surface area contributed by atoms with Crippen molar-refractivity contribution in [3.05, 3.63) is 3.95 Å². The molecule has 2 heterocycles. The van der Waals surface area contributed by atoms with E-state index >= 15 is 0 Å². The summed E-state index contributed by atoms with van der Waals surface area (Å²) in [7, 11) is 1.87. The zero-order chi connectivity index (χ0) is 12.3. The Balaban J connectivity index is 1.85. The number of thioether (sulfide) groups is 3. The minimum absolute atomic E-state index is 0.804. The molecule has 2 aromatic rings. The van der Waals surface area contributed by atoms with E-state index < -0.39 is 0 Å². The first-order chi connectivity index (χ1) is 8.19. The predicted molar refractivity (Wildman–Crippen MR) is 80.2 cm³/mol. The van der Waals surface area contributed by atoms with E-state index in [2.05, 4.69) is 15.3 Å². The van der Waals surface area contributed by atoms with Crippen LogP contribution < -0.4 is 0 Å². The summed E-state index contributed by atoms with van der Waals surface area (Å²) >= 11 is 13.3. The second-order valence-electron chi connectivity index (χ2n) is 2.70. The van der Waals surface area contributed by atoms with Gasteiger partial charge in [-0.3, -0.25) is 0 Å². The molecular weight excluding hydrogens is 333 g/mol. The van der Waals surface area contributed by atoms with Crippen LogP contribution in [-0.4, -0.2) is 31.3 Å². The van der Waals surface area contributed by atoms with Crippen molar-refractivity contribution in [3.63, 3.8) is 0 Å². The molecule has 0 saturated carbocycles. The third-order valence-electron chi connectivity index (χ3n) is 1.60. The third kappa shape index (κ3) is 3.93. The van der Waals surface area contributed by atoms with Gasteiger partial charge in [0, 0.05) is 7.05 Å². The van der Waals surface area contributed by atoms with Crippen LogP contribution in [0.15, 0.2) is 13.0 Å². The number of hydrogen-bond donors (Lipinski definition) is 0. The molecule has 0 unspecified atom stereocenters. The van der Waals surface area contributed by atoms with Crippen LogP contribution in [0.5, 0.6) is 0 Å². The monoisotopic (exact) mass is 340 g/mol. The van der Waals surface area contributed by atoms with E-state index in [-0.39, 0.29) is 0 Å². The second kappa shape index (κ2) is 6.53. The molecule has 0 saturated heterocycles. The van der Waals surface area contributed by atoms with Crippen molar-refractivity contribution < 1.29 is 0 Å². The lowest BCUT2D eigenvalue weighted by molar-refractivity contribution is 0.730. The molecule has 0 radical (unpaired) electrons. The maximum Gasteiger partial charge on any atom is 0.179 e. The van der Waals surface area contributed by atoms with Gasteiger partial charge in [0.25, 0.3) is 0 Å². The molecule has 0 aliphatic heterocycles. The Bertz CT molecular complexity index is 543. The van der Waals surface area contributed by atoms with E-state index in [0.717, 1.165) is 22.1 Å². The topological polar surface area (TPSA) is 43.6 Å². The van der Waals surface area contributed by atoms with E-state index in [1.54, 1.807) is 51.3 Å². The molecule has 0 N–H and O–H groups in total. The van der Waals surface area contributed by atoms with Crippen LogP contribution in [0.4, 0.5) is 0 Å². The molecule has 2 rings (SSSR count). The molecule has 2 aromatic heterocycles. The highest BCUT2D eigenvalue weighted by molar-refractivity contribution is 8.17. The molecule has 0 aliphatic carbocycles. The van der Waals surface area contributed by atoms with Gasteiger partial charge in [-0.2, -0.15) is 5.10 Å². The lowest BCUT2D eigenvalue weighted by atomic mass is 11.3. The molecule has 0 spiro atoms. The fourth-order valence-electron chi connectivity index (χ4n) is 0.851. The molecule has 0 bridgehead atoms. The normalized spacial score (nSPS) is 10.9. The summed E-state index contributed by atoms with van der Waals surface area (Å²) in [6.45, 7) is 0. The number of aryl methyl sites for hydroxylation is 1. The van der Waals surface area contributed by atoms with Gasteiger partial charge in [-0.25, -0.2) is 4.68 Å². The van der Waals surface area contributed by atoms with Crippen molar-refractivity contribution in [1.82, 2.24) is 20.0 Å². The largest absolute Gasteiger partial charge is 0.247 e. The smallest absolute Gasteiger partial charge is 0.179 e. The first kappa shape index (κ1) is 13.8. The van der Waals surface area contributed by atoms with Gasteiger partial charge in [0.15, 0.2) is 17.0 Å². The van der Waals surface area contributed by atoms with Gasteiger partial charge in [-0.15, -0.1) is 10.2 Å². The first-order valence-electron chi connectivity index (χ1n) is 4.36. The van der Waals surface area contributed by atoms with Gasteiger partial charge in [-0.05, 0) is 18.5 Å². The van der Waals surface area contributed by atoms with Gasteiger partial charge in [0.1, 0.15) is 0 Å². The van der Waals surface area contributed by atoms with Crippen LogP contribution in [-0.2, 0) is 7.05 Å². The highest BCUT2D eigenvalue weighted by Crippen LogP contribution is 2.32. The van der Waals surface area contributed by atoms with Crippen molar-refractivity contribution in [2.75, 3.05) is 11.3 Å². The Labute approximate surface area is 125 Å². The molecule has 0 amide bonds. The average molecular weight is 341 g/mol. The molecule has 10 heteroatoms. The van der Waals surface area contributed by atoms with E-state index in [1.807, 2.05) is 13.3 Å². The zero-order valence-corrected chi connectivity index (χ0v) is 13.8. The maximum atomic E-state index is 5.11. The molecule has 0 fully saturated rings. The van der Waals surface area contributed by atoms with E-state index in [1.165, 1.54) is 11.3 Å². The Kier molecular flexibility index (Phi) is 5.30. The van der Waals surface area contributed by atoms with Crippen LogP contribution in [0.1, 0.15) is 0 Å². The quantitative estimate of drug-likeness (QED) is 0.468. The van der Waals surface area contributed by atoms with Crippen LogP contribution in [0.25, 0.3) is 0 Å². The number of nitrogens with zero attached hydrogens (tertiary/aromatic N) is 4. The van der Waals surface area contributed by atoms with Gasteiger partial charge in [0.05, 0.1) is 5.08 Å². The van der Waals surface area contributed by atoms with E-state index in [9.17, 15) is 0 Å². The Morgan fingerprint density at radius 1 is 1.18 bits per heavy atom. The van der Waals surface area contributed by atoms with E-state index in [0.29, 0.717) is 0 Å². The first-order valence-corrected chi connectivity index (χ1v) is 9.60. The van der Waals surface area contributed by atoms with Crippen LogP contribution in [0, 0.1) is 3.95 Å². The summed E-state index contributed by atoms with van der Waals surface area (Å²) in [6, 6.07) is 0. The Hall–Kier alpha value is 0.390. The molecule has 0 atom stereocenters. The van der Waals surface area contributed by atoms with Crippen LogP contribution in [0.3, 0.4) is 0 Å². The van der Waals surface area contributed by atoms with Gasteiger partial charge in [0.2, 0.25) is 0 Å². The summed E-state index contributed by atoms with van der Waals surface area (Å²) in [5.74, 6) is 0. The average Bonchev–Trinajstić information content (AvgIpc) is 2.87. The summed E-state index contributed by atoms with van der Waals surface area (Å²) in [5.41, 5.74) is 0. The number of aromatic nitrogens is 4. The fourth-order valence-corrected chi connectivity index (χ4v) is 6.07. The summed E-state index contributed by atoms with van der Waals surface area (Å²) in [5, 5.41) is 13.3. The molecule has 4 nitrogen and oxygen atoms in total. The predicted octanol–water partition coefficient (Wildman–Crippen LogP) is 3.63. The maximum absolute atomic E-state index is 5.11. The van der Waals surface area contributed by atoms with Crippen molar-refractivity contribution in [2.45, 2.75) is 13.0 Å². The lowest BCUT2D eigenvalue weighted by Gasteiger charge is -1.92. The van der Waals surface area contributed by atoms with E-state index in [4.69, 9.17) is 12.2 Å². The van der Waals surface area contributed by atoms with Crippen molar-refractivity contribution in [2.24, 2.45) is 7.05 Å². The van der Waals surface area contributed by atoms with Gasteiger partial charge >= 0.3 is 0 Å². The molecule has 0 aromatic carbocycles. The standard InChI is InChI=1S/C7H8N4S6/c1-11-7(12)17-6(10-11)15-3-14-5-9-8-4(13-2)16-5/h3H2,1-2H3. The highest BCUT2D eigenvalue weighted by atomic mass is 32.2. The van der Waals surface area contributed by atoms with Crippen molar-refractivity contribution in [3.8, 4) is 0 Å². The summed E-state index contributed by atoms with van der Waals surface area (Å²) < 4.78 is 5.54. The minimum Gasteiger partial charge on any atom is -0.247 e. The molecule has 92 valence electrons. The van der Waals surface area contributed by atoms with Crippen molar-refractivity contribution in [1.29, 1.82) is 0 Å². The minimum atomic E-state index is 0.804. The Morgan fingerprint density at radius 3 is 2.47 bits per heavy atom. The SMILES string of the molecule is CSc1nnc(SCSc2nn(C)c(=S)s2)s1. The third-order valence-corrected chi connectivity index (χ3v) is 7.31. The fraction of sp³-hybridized carbons (Fsp3) is 0.429. The van der Waals surface area contributed by atoms with Gasteiger partial charge in [-0.1, -0.05) is 58.0 Å². The molecule has 0 aliphatic rings. The summed E-state index contributed by atoms with van der Waals surface area (Å²) in [4.78, 5) is 0.